The molecule has 22 heavy (non-hydrogen) atoms. The Bertz CT molecular complexity index is 573. The second kappa shape index (κ2) is 7.35. The Hall–Kier alpha value is -1.96. The molecule has 0 saturated carbocycles. The predicted octanol–water partition coefficient (Wildman–Crippen LogP) is 3.40. The standard InChI is InChI=1S/C14H21N3O4S/c1-8(2)6-7-9(11(18)19)10-15-12(22-17-10)16-13(20)21-14(3,4)5/h7-8H,6H2,1-5H3,(H,18,19)(H,15,16,17,20). The molecular weight excluding hydrogens is 306 g/mol. The fourth-order valence-electron chi connectivity index (χ4n) is 1.40. The number of carboxylic acid groups (broad SMARTS) is 1. The maximum atomic E-state index is 11.6. The summed E-state index contributed by atoms with van der Waals surface area (Å²) in [5.74, 6) is -0.682. The highest BCUT2D eigenvalue weighted by atomic mass is 32.1. The van der Waals surface area contributed by atoms with Gasteiger partial charge in [-0.2, -0.15) is 9.36 Å². The Morgan fingerprint density at radius 2 is 2.05 bits per heavy atom. The van der Waals surface area contributed by atoms with Gasteiger partial charge in [-0.15, -0.1) is 0 Å². The molecule has 0 atom stereocenters. The van der Waals surface area contributed by atoms with Crippen LogP contribution in [0.3, 0.4) is 0 Å². The van der Waals surface area contributed by atoms with E-state index in [-0.39, 0.29) is 16.5 Å². The Morgan fingerprint density at radius 3 is 2.55 bits per heavy atom. The van der Waals surface area contributed by atoms with Crippen LogP contribution in [0.15, 0.2) is 6.08 Å². The first-order chi connectivity index (χ1) is 10.1. The summed E-state index contributed by atoms with van der Waals surface area (Å²) in [7, 11) is 0. The Kier molecular flexibility index (Phi) is 6.04. The van der Waals surface area contributed by atoms with Crippen LogP contribution in [0.1, 0.15) is 46.9 Å². The van der Waals surface area contributed by atoms with Crippen LogP contribution in [0.25, 0.3) is 5.57 Å². The number of hydrogen-bond acceptors (Lipinski definition) is 6. The molecule has 1 heterocycles. The van der Waals surface area contributed by atoms with E-state index in [1.807, 2.05) is 13.8 Å². The van der Waals surface area contributed by atoms with Crippen molar-refractivity contribution in [3.05, 3.63) is 11.9 Å². The summed E-state index contributed by atoms with van der Waals surface area (Å²) >= 11 is 0.907. The van der Waals surface area contributed by atoms with Crippen LogP contribution in [0.4, 0.5) is 9.93 Å². The Morgan fingerprint density at radius 1 is 1.41 bits per heavy atom. The normalized spacial score (nSPS) is 12.4. The second-order valence-corrected chi connectivity index (χ2v) is 6.85. The van der Waals surface area contributed by atoms with Crippen molar-refractivity contribution in [2.24, 2.45) is 5.92 Å². The van der Waals surface area contributed by atoms with E-state index in [1.165, 1.54) is 0 Å². The minimum Gasteiger partial charge on any atom is -0.478 e. The number of ether oxygens (including phenoxy) is 1. The summed E-state index contributed by atoms with van der Waals surface area (Å²) in [6, 6.07) is 0. The molecule has 0 bridgehead atoms. The zero-order chi connectivity index (χ0) is 16.9. The van der Waals surface area contributed by atoms with Crippen LogP contribution in [0.2, 0.25) is 0 Å². The van der Waals surface area contributed by atoms with Gasteiger partial charge >= 0.3 is 12.1 Å². The summed E-state index contributed by atoms with van der Waals surface area (Å²) in [6.07, 6.45) is 1.54. The molecule has 2 N–H and O–H groups in total. The molecule has 0 unspecified atom stereocenters. The molecule has 0 radical (unpaired) electrons. The fourth-order valence-corrected chi connectivity index (χ4v) is 1.97. The third kappa shape index (κ3) is 6.21. The lowest BCUT2D eigenvalue weighted by Gasteiger charge is -2.18. The van der Waals surface area contributed by atoms with Crippen molar-refractivity contribution >= 4 is 34.3 Å². The summed E-state index contributed by atoms with van der Waals surface area (Å²) in [5, 5.41) is 11.9. The average Bonchev–Trinajstić information content (AvgIpc) is 2.73. The number of aliphatic carboxylic acids is 1. The lowest BCUT2D eigenvalue weighted by Crippen LogP contribution is -2.27. The second-order valence-electron chi connectivity index (χ2n) is 6.10. The quantitative estimate of drug-likeness (QED) is 0.804. The molecule has 1 rings (SSSR count). The first kappa shape index (κ1) is 18.1. The lowest BCUT2D eigenvalue weighted by molar-refractivity contribution is -0.130. The predicted molar refractivity (Wildman–Crippen MR) is 84.8 cm³/mol. The number of aromatic nitrogens is 2. The van der Waals surface area contributed by atoms with Gasteiger partial charge in [-0.3, -0.25) is 5.32 Å². The average molecular weight is 327 g/mol. The molecular formula is C14H21N3O4S. The first-order valence-electron chi connectivity index (χ1n) is 6.86. The summed E-state index contributed by atoms with van der Waals surface area (Å²) in [5.41, 5.74) is -0.594. The number of amides is 1. The van der Waals surface area contributed by atoms with Crippen LogP contribution >= 0.6 is 11.5 Å². The van der Waals surface area contributed by atoms with E-state index in [0.717, 1.165) is 11.5 Å². The van der Waals surface area contributed by atoms with Crippen molar-refractivity contribution in [2.45, 2.75) is 46.6 Å². The number of carbonyl (C=O) groups excluding carboxylic acids is 1. The molecule has 1 aromatic heterocycles. The number of rotatable bonds is 5. The summed E-state index contributed by atoms with van der Waals surface area (Å²) in [6.45, 7) is 9.21. The Labute approximate surface area is 133 Å². The van der Waals surface area contributed by atoms with Crippen LogP contribution < -0.4 is 5.32 Å². The lowest BCUT2D eigenvalue weighted by atomic mass is 10.1. The van der Waals surface area contributed by atoms with Gasteiger partial charge in [0.05, 0.1) is 0 Å². The van der Waals surface area contributed by atoms with E-state index < -0.39 is 17.7 Å². The highest BCUT2D eigenvalue weighted by Gasteiger charge is 2.20. The van der Waals surface area contributed by atoms with Gasteiger partial charge in [0.15, 0.2) is 5.82 Å². The molecule has 0 fully saturated rings. The van der Waals surface area contributed by atoms with Gasteiger partial charge in [0.1, 0.15) is 11.2 Å². The molecule has 0 spiro atoms. The summed E-state index contributed by atoms with van der Waals surface area (Å²) < 4.78 is 9.07. The van der Waals surface area contributed by atoms with Gasteiger partial charge in [-0.25, -0.2) is 9.59 Å². The SMILES string of the molecule is CC(C)CC=C(C(=O)O)c1nsc(NC(=O)OC(C)(C)C)n1. The highest BCUT2D eigenvalue weighted by Crippen LogP contribution is 2.20. The van der Waals surface area contributed by atoms with Crippen LogP contribution in [0.5, 0.6) is 0 Å². The number of nitrogens with one attached hydrogen (secondary N) is 1. The van der Waals surface area contributed by atoms with Crippen LogP contribution in [-0.4, -0.2) is 32.1 Å². The zero-order valence-corrected chi connectivity index (χ0v) is 14.2. The number of allylic oxidation sites excluding steroid dienone is 1. The van der Waals surface area contributed by atoms with Gasteiger partial charge < -0.3 is 9.84 Å². The van der Waals surface area contributed by atoms with Crippen molar-refractivity contribution in [1.82, 2.24) is 9.36 Å². The monoisotopic (exact) mass is 327 g/mol. The molecule has 0 aliphatic carbocycles. The third-order valence-corrected chi connectivity index (χ3v) is 2.93. The maximum Gasteiger partial charge on any atom is 0.414 e. The van der Waals surface area contributed by atoms with E-state index in [0.29, 0.717) is 12.3 Å². The molecule has 1 aromatic rings. The minimum atomic E-state index is -1.10. The smallest absolute Gasteiger partial charge is 0.414 e. The van der Waals surface area contributed by atoms with E-state index in [1.54, 1.807) is 26.8 Å². The molecule has 7 nitrogen and oxygen atoms in total. The highest BCUT2D eigenvalue weighted by molar-refractivity contribution is 7.10. The molecule has 1 amide bonds. The van der Waals surface area contributed by atoms with Crippen molar-refractivity contribution in [1.29, 1.82) is 0 Å². The van der Waals surface area contributed by atoms with Crippen molar-refractivity contribution in [3.8, 4) is 0 Å². The zero-order valence-electron chi connectivity index (χ0n) is 13.3. The van der Waals surface area contributed by atoms with Gasteiger partial charge in [-0.05, 0) is 33.1 Å². The summed E-state index contributed by atoms with van der Waals surface area (Å²) in [4.78, 5) is 26.9. The number of nitrogens with zero attached hydrogens (tertiary/aromatic N) is 2. The van der Waals surface area contributed by atoms with E-state index in [9.17, 15) is 14.7 Å². The van der Waals surface area contributed by atoms with Gasteiger partial charge in [0, 0.05) is 11.5 Å². The molecule has 8 heteroatoms. The number of carboxylic acids is 1. The van der Waals surface area contributed by atoms with Crippen molar-refractivity contribution in [3.63, 3.8) is 0 Å². The van der Waals surface area contributed by atoms with Gasteiger partial charge in [-0.1, -0.05) is 19.9 Å². The largest absolute Gasteiger partial charge is 0.478 e. The molecule has 0 aliphatic rings. The number of anilines is 1. The number of hydrogen-bond donors (Lipinski definition) is 2. The van der Waals surface area contributed by atoms with Gasteiger partial charge in [0.25, 0.3) is 0 Å². The van der Waals surface area contributed by atoms with E-state index in [4.69, 9.17) is 4.74 Å². The fraction of sp³-hybridized carbons (Fsp3) is 0.571. The maximum absolute atomic E-state index is 11.6. The molecule has 122 valence electrons. The minimum absolute atomic E-state index is 0.0298. The van der Waals surface area contributed by atoms with E-state index in [2.05, 4.69) is 14.7 Å². The van der Waals surface area contributed by atoms with Crippen molar-refractivity contribution in [2.75, 3.05) is 5.32 Å². The topological polar surface area (TPSA) is 101 Å². The Balaban J connectivity index is 2.83. The first-order valence-corrected chi connectivity index (χ1v) is 7.63. The third-order valence-electron chi connectivity index (χ3n) is 2.30. The van der Waals surface area contributed by atoms with Crippen LogP contribution in [0, 0.1) is 5.92 Å². The number of carbonyl (C=O) groups is 2. The van der Waals surface area contributed by atoms with Crippen molar-refractivity contribution < 1.29 is 19.4 Å². The molecule has 0 aliphatic heterocycles. The van der Waals surface area contributed by atoms with E-state index >= 15 is 0 Å². The molecule has 0 saturated heterocycles. The van der Waals surface area contributed by atoms with Gasteiger partial charge in [0.2, 0.25) is 5.13 Å². The molecule has 0 aromatic carbocycles. The van der Waals surface area contributed by atoms with Crippen LogP contribution in [-0.2, 0) is 9.53 Å².